The Morgan fingerprint density at radius 3 is 2.75 bits per heavy atom. The monoisotopic (exact) mass is 219 g/mol. The molecule has 0 N–H and O–H groups in total. The molecular formula is C12H17N3O. The van der Waals surface area contributed by atoms with Crippen molar-refractivity contribution in [1.82, 2.24) is 9.97 Å². The van der Waals surface area contributed by atoms with E-state index in [2.05, 4.69) is 27.9 Å². The summed E-state index contributed by atoms with van der Waals surface area (Å²) in [5, 5.41) is 0. The summed E-state index contributed by atoms with van der Waals surface area (Å²) >= 11 is 0. The molecule has 3 rings (SSSR count). The average Bonchev–Trinajstić information content (AvgIpc) is 3.09. The first-order valence-corrected chi connectivity index (χ1v) is 5.82. The van der Waals surface area contributed by atoms with Crippen LogP contribution >= 0.6 is 0 Å². The topological polar surface area (TPSA) is 38.2 Å². The van der Waals surface area contributed by atoms with Crippen LogP contribution in [0.3, 0.4) is 0 Å². The lowest BCUT2D eigenvalue weighted by molar-refractivity contribution is -0.0171. The summed E-state index contributed by atoms with van der Waals surface area (Å²) in [4.78, 5) is 10.9. The summed E-state index contributed by atoms with van der Waals surface area (Å²) in [5.41, 5.74) is 1.21. The van der Waals surface area contributed by atoms with Crippen LogP contribution in [0.5, 0.6) is 0 Å². The number of hydrogen-bond acceptors (Lipinski definition) is 4. The Hall–Kier alpha value is -1.16. The van der Waals surface area contributed by atoms with Crippen molar-refractivity contribution in [3.63, 3.8) is 0 Å². The number of rotatable bonds is 3. The van der Waals surface area contributed by atoms with E-state index in [0.29, 0.717) is 5.92 Å². The molecule has 1 saturated carbocycles. The first-order valence-electron chi connectivity index (χ1n) is 5.82. The molecule has 2 fully saturated rings. The Balaban J connectivity index is 1.73. The highest BCUT2D eigenvalue weighted by Crippen LogP contribution is 2.40. The Morgan fingerprint density at radius 2 is 2.12 bits per heavy atom. The van der Waals surface area contributed by atoms with Gasteiger partial charge in [0.1, 0.15) is 12.1 Å². The maximum atomic E-state index is 5.43. The minimum absolute atomic E-state index is 0.00466. The van der Waals surface area contributed by atoms with Gasteiger partial charge in [-0.05, 0) is 19.8 Å². The van der Waals surface area contributed by atoms with Crippen molar-refractivity contribution in [3.8, 4) is 0 Å². The number of ether oxygens (including phenoxy) is 1. The van der Waals surface area contributed by atoms with Crippen molar-refractivity contribution in [1.29, 1.82) is 0 Å². The largest absolute Gasteiger partial charge is 0.375 e. The fourth-order valence-corrected chi connectivity index (χ4v) is 2.19. The lowest BCUT2D eigenvalue weighted by atomic mass is 9.96. The van der Waals surface area contributed by atoms with Crippen molar-refractivity contribution >= 4 is 5.82 Å². The van der Waals surface area contributed by atoms with E-state index in [1.807, 2.05) is 0 Å². The van der Waals surface area contributed by atoms with Gasteiger partial charge < -0.3 is 9.64 Å². The van der Waals surface area contributed by atoms with Crippen LogP contribution in [-0.2, 0) is 4.74 Å². The Kier molecular flexibility index (Phi) is 2.14. The molecule has 0 radical (unpaired) electrons. The van der Waals surface area contributed by atoms with Crippen molar-refractivity contribution in [2.45, 2.75) is 31.3 Å². The zero-order chi connectivity index (χ0) is 11.2. The zero-order valence-electron chi connectivity index (χ0n) is 9.81. The van der Waals surface area contributed by atoms with E-state index in [0.717, 1.165) is 18.9 Å². The van der Waals surface area contributed by atoms with Crippen LogP contribution in [0.2, 0.25) is 0 Å². The van der Waals surface area contributed by atoms with E-state index in [1.54, 1.807) is 13.4 Å². The van der Waals surface area contributed by atoms with Crippen LogP contribution in [0.4, 0.5) is 5.82 Å². The zero-order valence-corrected chi connectivity index (χ0v) is 9.81. The summed E-state index contributed by atoms with van der Waals surface area (Å²) in [5.74, 6) is 1.74. The van der Waals surface area contributed by atoms with Crippen molar-refractivity contribution < 1.29 is 4.74 Å². The van der Waals surface area contributed by atoms with E-state index in [4.69, 9.17) is 4.74 Å². The van der Waals surface area contributed by atoms with Gasteiger partial charge in [-0.3, -0.25) is 0 Å². The molecule has 0 spiro atoms. The highest BCUT2D eigenvalue weighted by molar-refractivity contribution is 5.45. The van der Waals surface area contributed by atoms with Gasteiger partial charge in [-0.25, -0.2) is 9.97 Å². The van der Waals surface area contributed by atoms with Gasteiger partial charge in [-0.15, -0.1) is 0 Å². The van der Waals surface area contributed by atoms with Crippen LogP contribution in [0.15, 0.2) is 12.4 Å². The fraction of sp³-hybridized carbons (Fsp3) is 0.667. The van der Waals surface area contributed by atoms with Crippen LogP contribution in [0, 0.1) is 0 Å². The van der Waals surface area contributed by atoms with Crippen molar-refractivity contribution in [2.75, 3.05) is 25.1 Å². The number of aromatic nitrogens is 2. The van der Waals surface area contributed by atoms with Gasteiger partial charge in [0.2, 0.25) is 0 Å². The van der Waals surface area contributed by atoms with Crippen LogP contribution in [0.25, 0.3) is 0 Å². The van der Waals surface area contributed by atoms with Gasteiger partial charge in [-0.2, -0.15) is 0 Å². The van der Waals surface area contributed by atoms with Gasteiger partial charge in [0.25, 0.3) is 0 Å². The summed E-state index contributed by atoms with van der Waals surface area (Å²) in [6.07, 6.45) is 4.25. The lowest BCUT2D eigenvalue weighted by Crippen LogP contribution is -2.61. The number of hydrogen-bond donors (Lipinski definition) is 0. The maximum absolute atomic E-state index is 5.43. The highest BCUT2D eigenvalue weighted by Gasteiger charge is 2.39. The summed E-state index contributed by atoms with van der Waals surface area (Å²) in [6, 6.07) is 2.13. The molecule has 1 aliphatic carbocycles. The first-order chi connectivity index (χ1) is 7.70. The smallest absolute Gasteiger partial charge is 0.132 e. The van der Waals surface area contributed by atoms with E-state index >= 15 is 0 Å². The first kappa shape index (κ1) is 10.0. The number of nitrogens with zero attached hydrogens (tertiary/aromatic N) is 3. The molecule has 0 unspecified atom stereocenters. The third-order valence-electron chi connectivity index (χ3n) is 3.54. The predicted octanol–water partition coefficient (Wildman–Crippen LogP) is 1.58. The molecule has 16 heavy (non-hydrogen) atoms. The molecule has 4 nitrogen and oxygen atoms in total. The van der Waals surface area contributed by atoms with E-state index in [1.165, 1.54) is 18.5 Å². The van der Waals surface area contributed by atoms with Crippen LogP contribution in [-0.4, -0.2) is 35.8 Å². The molecule has 86 valence electrons. The van der Waals surface area contributed by atoms with Gasteiger partial charge in [0.15, 0.2) is 0 Å². The summed E-state index contributed by atoms with van der Waals surface area (Å²) in [6.45, 7) is 3.97. The molecule has 1 saturated heterocycles. The van der Waals surface area contributed by atoms with Gasteiger partial charge >= 0.3 is 0 Å². The lowest BCUT2D eigenvalue weighted by Gasteiger charge is -2.47. The molecular weight excluding hydrogens is 202 g/mol. The number of methoxy groups -OCH3 is 1. The van der Waals surface area contributed by atoms with Gasteiger partial charge in [0.05, 0.1) is 5.60 Å². The molecule has 1 aromatic rings. The van der Waals surface area contributed by atoms with Crippen LogP contribution < -0.4 is 4.90 Å². The highest BCUT2D eigenvalue weighted by atomic mass is 16.5. The fourth-order valence-electron chi connectivity index (χ4n) is 2.19. The minimum Gasteiger partial charge on any atom is -0.375 e. The maximum Gasteiger partial charge on any atom is 0.132 e. The normalized spacial score (nSPS) is 23.0. The third kappa shape index (κ3) is 1.67. The second kappa shape index (κ2) is 3.42. The Labute approximate surface area is 95.7 Å². The molecule has 2 aliphatic rings. The van der Waals surface area contributed by atoms with Gasteiger partial charge in [0, 0.05) is 37.9 Å². The number of anilines is 1. The van der Waals surface area contributed by atoms with E-state index in [9.17, 15) is 0 Å². The Morgan fingerprint density at radius 1 is 1.38 bits per heavy atom. The molecule has 0 aromatic carbocycles. The molecule has 4 heteroatoms. The minimum atomic E-state index is 0.00466. The van der Waals surface area contributed by atoms with Gasteiger partial charge in [-0.1, -0.05) is 0 Å². The average molecular weight is 219 g/mol. The van der Waals surface area contributed by atoms with Crippen LogP contribution in [0.1, 0.15) is 31.4 Å². The van der Waals surface area contributed by atoms with E-state index < -0.39 is 0 Å². The predicted molar refractivity (Wildman–Crippen MR) is 61.6 cm³/mol. The SMILES string of the molecule is COC1(C)CN(c2cc(C3CC3)ncn2)C1. The molecule has 2 heterocycles. The second-order valence-corrected chi connectivity index (χ2v) is 5.09. The van der Waals surface area contributed by atoms with Crippen molar-refractivity contribution in [2.24, 2.45) is 0 Å². The standard InChI is InChI=1S/C12H17N3O/c1-12(16-2)6-15(7-12)11-5-10(9-3-4-9)13-8-14-11/h5,8-9H,3-4,6-7H2,1-2H3. The third-order valence-corrected chi connectivity index (χ3v) is 3.54. The molecule has 1 aliphatic heterocycles. The van der Waals surface area contributed by atoms with Crippen molar-refractivity contribution in [3.05, 3.63) is 18.1 Å². The molecule has 0 bridgehead atoms. The second-order valence-electron chi connectivity index (χ2n) is 5.09. The summed E-state index contributed by atoms with van der Waals surface area (Å²) < 4.78 is 5.43. The quantitative estimate of drug-likeness (QED) is 0.773. The molecule has 0 amide bonds. The molecule has 1 aromatic heterocycles. The Bertz CT molecular complexity index is 397. The summed E-state index contributed by atoms with van der Waals surface area (Å²) in [7, 11) is 1.77. The van der Waals surface area contributed by atoms with E-state index in [-0.39, 0.29) is 5.60 Å². The molecule has 0 atom stereocenters.